The van der Waals surface area contributed by atoms with Gasteiger partial charge < -0.3 is 20.7 Å². The van der Waals surface area contributed by atoms with Gasteiger partial charge in [0.25, 0.3) is 5.91 Å². The molecular formula is C22H25Cl2F2N3O3S. The first-order valence-corrected chi connectivity index (χ1v) is 11.8. The average molecular weight is 520 g/mol. The van der Waals surface area contributed by atoms with Crippen LogP contribution in [-0.4, -0.2) is 54.2 Å². The van der Waals surface area contributed by atoms with E-state index in [1.165, 1.54) is 18.3 Å². The molecule has 3 N–H and O–H groups in total. The van der Waals surface area contributed by atoms with Gasteiger partial charge in [0.2, 0.25) is 0 Å². The molecule has 1 aromatic carbocycles. The van der Waals surface area contributed by atoms with E-state index in [0.717, 1.165) is 24.6 Å². The van der Waals surface area contributed by atoms with Gasteiger partial charge in [0, 0.05) is 38.3 Å². The van der Waals surface area contributed by atoms with E-state index in [2.05, 4.69) is 5.32 Å². The molecule has 11 heteroatoms. The lowest BCUT2D eigenvalue weighted by Gasteiger charge is -2.39. The second-order valence-electron chi connectivity index (χ2n) is 8.13. The van der Waals surface area contributed by atoms with E-state index in [4.69, 9.17) is 22.1 Å². The zero-order valence-corrected chi connectivity index (χ0v) is 20.1. The minimum Gasteiger partial charge on any atom is -0.381 e. The fraction of sp³-hybridized carbons (Fsp3) is 0.455. The molecule has 0 radical (unpaired) electrons. The van der Waals surface area contributed by atoms with E-state index in [-0.39, 0.29) is 51.9 Å². The smallest absolute Gasteiger partial charge is 0.255 e. The molecule has 180 valence electrons. The zero-order chi connectivity index (χ0) is 22.8. The lowest BCUT2D eigenvalue weighted by molar-refractivity contribution is -0.124. The summed E-state index contributed by atoms with van der Waals surface area (Å²) < 4.78 is 34.6. The molecule has 33 heavy (non-hydrogen) atoms. The lowest BCUT2D eigenvalue weighted by Crippen LogP contribution is -2.52. The van der Waals surface area contributed by atoms with Crippen LogP contribution in [0.4, 0.5) is 8.78 Å². The summed E-state index contributed by atoms with van der Waals surface area (Å²) in [5, 5.41) is 2.79. The number of carbonyl (C=O) groups excluding carboxylic acids is 2. The summed E-state index contributed by atoms with van der Waals surface area (Å²) in [4.78, 5) is 27.4. The van der Waals surface area contributed by atoms with Gasteiger partial charge in [0.15, 0.2) is 5.78 Å². The van der Waals surface area contributed by atoms with Crippen LogP contribution in [0.2, 0.25) is 5.02 Å². The van der Waals surface area contributed by atoms with E-state index >= 15 is 4.39 Å². The van der Waals surface area contributed by atoms with Gasteiger partial charge in [-0.1, -0.05) is 17.7 Å². The monoisotopic (exact) mass is 519 g/mol. The number of hydrogen-bond donors (Lipinski definition) is 2. The number of benzene rings is 1. The van der Waals surface area contributed by atoms with Gasteiger partial charge in [-0.05, 0) is 36.5 Å². The SMILES string of the molecule is Cl.N[C@H]1CSC2=C(F)C(C(=O)NCC3CCOCC3)=CN(Cc3ccc(Cl)c(F)c3)C2C1=O. The van der Waals surface area contributed by atoms with Crippen LogP contribution in [0, 0.1) is 11.7 Å². The number of Topliss-reactive ketones (excluding diaryl/α,β-unsaturated/α-hetero) is 1. The molecule has 0 bridgehead atoms. The Labute approximate surface area is 206 Å². The van der Waals surface area contributed by atoms with Crippen molar-refractivity contribution in [2.24, 2.45) is 11.7 Å². The van der Waals surface area contributed by atoms with E-state index in [0.29, 0.717) is 25.3 Å². The largest absolute Gasteiger partial charge is 0.381 e. The van der Waals surface area contributed by atoms with Crippen LogP contribution in [0.25, 0.3) is 0 Å². The first-order chi connectivity index (χ1) is 15.3. The molecule has 2 fully saturated rings. The minimum atomic E-state index is -0.950. The Morgan fingerprint density at radius 2 is 2.03 bits per heavy atom. The topological polar surface area (TPSA) is 84.7 Å². The van der Waals surface area contributed by atoms with Crippen LogP contribution < -0.4 is 11.1 Å². The summed E-state index contributed by atoms with van der Waals surface area (Å²) >= 11 is 6.91. The fourth-order valence-corrected chi connectivity index (χ4v) is 5.31. The van der Waals surface area contributed by atoms with Crippen molar-refractivity contribution in [3.63, 3.8) is 0 Å². The zero-order valence-electron chi connectivity index (χ0n) is 17.7. The van der Waals surface area contributed by atoms with Gasteiger partial charge in [-0.3, -0.25) is 9.59 Å². The molecule has 1 unspecified atom stereocenters. The third-order valence-corrected chi connectivity index (χ3v) is 7.41. The molecule has 0 aromatic heterocycles. The standard InChI is InChI=1S/C22H24ClF2N3O3S.ClH/c23-15-2-1-13(7-16(15)24)9-28-10-14(22(30)27-8-12-3-5-31-6-4-12)18(25)21-19(28)20(29)17(26)11-32-21;/h1-2,7,10,12,17,19H,3-6,8-9,11,26H2,(H,27,30);1H/t17-,19?;/m0./s1. The van der Waals surface area contributed by atoms with E-state index in [1.807, 2.05) is 0 Å². The summed E-state index contributed by atoms with van der Waals surface area (Å²) in [5.41, 5.74) is 6.31. The Balaban J connectivity index is 0.00000306. The molecule has 2 atom stereocenters. The highest BCUT2D eigenvalue weighted by Crippen LogP contribution is 2.40. The Hall–Kier alpha value is -1.65. The van der Waals surface area contributed by atoms with Crippen molar-refractivity contribution in [3.8, 4) is 0 Å². The Morgan fingerprint density at radius 1 is 1.30 bits per heavy atom. The Morgan fingerprint density at radius 3 is 2.73 bits per heavy atom. The lowest BCUT2D eigenvalue weighted by atomic mass is 9.97. The van der Waals surface area contributed by atoms with Gasteiger partial charge in [0.1, 0.15) is 17.7 Å². The van der Waals surface area contributed by atoms with Crippen molar-refractivity contribution < 1.29 is 23.1 Å². The van der Waals surface area contributed by atoms with Crippen LogP contribution in [0.15, 0.2) is 40.7 Å². The van der Waals surface area contributed by atoms with Crippen molar-refractivity contribution in [2.45, 2.75) is 31.5 Å². The highest BCUT2D eigenvalue weighted by Gasteiger charge is 2.42. The van der Waals surface area contributed by atoms with Crippen LogP contribution in [0.3, 0.4) is 0 Å². The van der Waals surface area contributed by atoms with Gasteiger partial charge in [-0.15, -0.1) is 24.2 Å². The third-order valence-electron chi connectivity index (χ3n) is 5.87. The van der Waals surface area contributed by atoms with Crippen molar-refractivity contribution in [1.82, 2.24) is 10.2 Å². The number of ether oxygens (including phenoxy) is 1. The van der Waals surface area contributed by atoms with Crippen molar-refractivity contribution in [2.75, 3.05) is 25.5 Å². The Bertz CT molecular complexity index is 986. The van der Waals surface area contributed by atoms with Crippen LogP contribution >= 0.6 is 35.8 Å². The quantitative estimate of drug-likeness (QED) is 0.620. The summed E-state index contributed by atoms with van der Waals surface area (Å²) in [7, 11) is 0. The van der Waals surface area contributed by atoms with Crippen LogP contribution in [-0.2, 0) is 20.9 Å². The number of nitrogens with two attached hydrogens (primary N) is 1. The molecule has 0 saturated carbocycles. The summed E-state index contributed by atoms with van der Waals surface area (Å²) in [6.45, 7) is 1.80. The number of nitrogens with zero attached hydrogens (tertiary/aromatic N) is 1. The highest BCUT2D eigenvalue weighted by atomic mass is 35.5. The van der Waals surface area contributed by atoms with Crippen molar-refractivity contribution in [1.29, 1.82) is 0 Å². The van der Waals surface area contributed by atoms with E-state index < -0.39 is 29.6 Å². The maximum atomic E-state index is 15.3. The molecular weight excluding hydrogens is 495 g/mol. The third kappa shape index (κ3) is 5.71. The molecule has 1 amide bonds. The predicted octanol–water partition coefficient (Wildman–Crippen LogP) is 3.34. The molecule has 6 nitrogen and oxygen atoms in total. The van der Waals surface area contributed by atoms with Gasteiger partial charge in [-0.25, -0.2) is 8.78 Å². The van der Waals surface area contributed by atoms with Gasteiger partial charge >= 0.3 is 0 Å². The molecule has 3 heterocycles. The van der Waals surface area contributed by atoms with Crippen LogP contribution in [0.1, 0.15) is 18.4 Å². The minimum absolute atomic E-state index is 0. The van der Waals surface area contributed by atoms with E-state index in [1.54, 1.807) is 11.0 Å². The van der Waals surface area contributed by atoms with Crippen molar-refractivity contribution in [3.05, 3.63) is 57.1 Å². The molecule has 1 aromatic rings. The first kappa shape index (κ1) is 26.0. The Kier molecular flexibility index (Phi) is 8.80. The predicted molar refractivity (Wildman–Crippen MR) is 126 cm³/mol. The fourth-order valence-electron chi connectivity index (χ4n) is 4.03. The normalized spacial score (nSPS) is 23.6. The number of rotatable bonds is 5. The number of nitrogens with one attached hydrogen (secondary N) is 1. The second kappa shape index (κ2) is 11.2. The van der Waals surface area contributed by atoms with Crippen molar-refractivity contribution >= 4 is 47.5 Å². The number of ketones is 1. The maximum Gasteiger partial charge on any atom is 0.255 e. The molecule has 0 aliphatic carbocycles. The summed E-state index contributed by atoms with van der Waals surface area (Å²) in [6, 6.07) is 2.61. The number of thioether (sulfide) groups is 1. The molecule has 0 spiro atoms. The van der Waals surface area contributed by atoms with Crippen LogP contribution in [0.5, 0.6) is 0 Å². The molecule has 2 saturated heterocycles. The van der Waals surface area contributed by atoms with Gasteiger partial charge in [0.05, 0.1) is 21.5 Å². The number of fused-ring (bicyclic) bond motifs is 1. The molecule has 4 rings (SSSR count). The first-order valence-electron chi connectivity index (χ1n) is 10.4. The summed E-state index contributed by atoms with van der Waals surface area (Å²) in [6.07, 6.45) is 3.01. The molecule has 3 aliphatic heterocycles. The van der Waals surface area contributed by atoms with E-state index in [9.17, 15) is 14.0 Å². The van der Waals surface area contributed by atoms with Gasteiger partial charge in [-0.2, -0.15) is 0 Å². The number of halogens is 4. The average Bonchev–Trinajstić information content (AvgIpc) is 2.79. The number of carbonyl (C=O) groups is 2. The number of hydrogen-bond acceptors (Lipinski definition) is 6. The molecule has 3 aliphatic rings. The highest BCUT2D eigenvalue weighted by molar-refractivity contribution is 8.03. The summed E-state index contributed by atoms with van der Waals surface area (Å²) in [5.74, 6) is -1.67. The second-order valence-corrected chi connectivity index (χ2v) is 9.60. The maximum absolute atomic E-state index is 15.3. The number of amides is 1.